The van der Waals surface area contributed by atoms with Crippen molar-refractivity contribution in [1.82, 2.24) is 20.0 Å². The minimum atomic E-state index is -4.45. The lowest BCUT2D eigenvalue weighted by molar-refractivity contribution is -0.137. The molecule has 0 radical (unpaired) electrons. The molecule has 1 aliphatic heterocycles. The molecule has 6 nitrogen and oxygen atoms in total. The van der Waals surface area contributed by atoms with Crippen molar-refractivity contribution in [1.29, 1.82) is 0 Å². The number of hydrogen-bond donors (Lipinski definition) is 1. The number of carbonyl (C=O) groups excluding carboxylic acids is 2. The van der Waals surface area contributed by atoms with Gasteiger partial charge in [-0.2, -0.15) is 18.3 Å². The van der Waals surface area contributed by atoms with Crippen LogP contribution in [-0.4, -0.2) is 45.6 Å². The van der Waals surface area contributed by atoms with Gasteiger partial charge in [-0.05, 0) is 43.9 Å². The van der Waals surface area contributed by atoms with Crippen molar-refractivity contribution < 1.29 is 22.8 Å². The number of benzene rings is 1. The van der Waals surface area contributed by atoms with Crippen molar-refractivity contribution in [2.75, 3.05) is 13.1 Å². The highest BCUT2D eigenvalue weighted by Crippen LogP contribution is 2.43. The molecule has 1 saturated heterocycles. The second-order valence-electron chi connectivity index (χ2n) is 8.91. The van der Waals surface area contributed by atoms with E-state index in [1.54, 1.807) is 6.07 Å². The smallest absolute Gasteiger partial charge is 0.349 e. The van der Waals surface area contributed by atoms with Gasteiger partial charge in [0.15, 0.2) is 0 Å². The summed E-state index contributed by atoms with van der Waals surface area (Å²) in [6.07, 6.45) is 0.0896. The summed E-state index contributed by atoms with van der Waals surface area (Å²) in [6, 6.07) is 4.94. The van der Waals surface area contributed by atoms with Crippen LogP contribution < -0.4 is 5.32 Å². The average molecular weight is 448 g/mol. The molecule has 172 valence electrons. The van der Waals surface area contributed by atoms with Gasteiger partial charge in [-0.3, -0.25) is 9.59 Å². The summed E-state index contributed by atoms with van der Waals surface area (Å²) in [5, 5.41) is 7.31. The van der Waals surface area contributed by atoms with Crippen molar-refractivity contribution in [3.05, 3.63) is 47.3 Å². The summed E-state index contributed by atoms with van der Waals surface area (Å²) in [6.45, 7) is 4.94. The van der Waals surface area contributed by atoms with Crippen molar-refractivity contribution in [3.63, 3.8) is 0 Å². The van der Waals surface area contributed by atoms with E-state index in [9.17, 15) is 22.8 Å². The topological polar surface area (TPSA) is 67.2 Å². The number of likely N-dealkylation sites (tertiary alicyclic amines) is 1. The highest BCUT2D eigenvalue weighted by Gasteiger charge is 2.35. The van der Waals surface area contributed by atoms with E-state index in [1.165, 1.54) is 16.9 Å². The summed E-state index contributed by atoms with van der Waals surface area (Å²) in [5.74, 6) is -0.0887. The largest absolute Gasteiger partial charge is 0.416 e. The fourth-order valence-electron chi connectivity index (χ4n) is 4.17. The Labute approximate surface area is 184 Å². The Balaban J connectivity index is 1.50. The molecule has 2 aromatic rings. The highest BCUT2D eigenvalue weighted by atomic mass is 19.4. The number of halogens is 3. The highest BCUT2D eigenvalue weighted by molar-refractivity contribution is 5.95. The lowest BCUT2D eigenvalue weighted by Gasteiger charge is -2.33. The number of aromatic nitrogens is 2. The monoisotopic (exact) mass is 448 g/mol. The zero-order valence-corrected chi connectivity index (χ0v) is 18.2. The Hall–Kier alpha value is -2.84. The van der Waals surface area contributed by atoms with Gasteiger partial charge in [0.1, 0.15) is 0 Å². The number of piperidine rings is 1. The van der Waals surface area contributed by atoms with Crippen LogP contribution in [0.5, 0.6) is 0 Å². The first-order valence-corrected chi connectivity index (χ1v) is 11.0. The molecule has 0 atom stereocenters. The predicted octanol–water partition coefficient (Wildman–Crippen LogP) is 4.15. The molecule has 1 aromatic carbocycles. The van der Waals surface area contributed by atoms with Crippen LogP contribution in [0.1, 0.15) is 67.1 Å². The maximum atomic E-state index is 13.2. The Morgan fingerprint density at radius 1 is 1.12 bits per heavy atom. The molecule has 32 heavy (non-hydrogen) atoms. The summed E-state index contributed by atoms with van der Waals surface area (Å²) >= 11 is 0. The number of alkyl halides is 3. The van der Waals surface area contributed by atoms with Gasteiger partial charge in [0.25, 0.3) is 5.91 Å². The number of rotatable bonds is 5. The van der Waals surface area contributed by atoms with Gasteiger partial charge in [-0.15, -0.1) is 0 Å². The van der Waals surface area contributed by atoms with E-state index in [2.05, 4.69) is 10.4 Å². The lowest BCUT2D eigenvalue weighted by Crippen LogP contribution is -2.47. The van der Waals surface area contributed by atoms with Gasteiger partial charge in [-0.1, -0.05) is 19.9 Å². The first-order valence-electron chi connectivity index (χ1n) is 11.0. The molecular formula is C23H27F3N4O2. The van der Waals surface area contributed by atoms with Crippen molar-refractivity contribution in [2.45, 2.75) is 57.7 Å². The van der Waals surface area contributed by atoms with Crippen LogP contribution in [0, 0.1) is 5.92 Å². The van der Waals surface area contributed by atoms with E-state index < -0.39 is 11.7 Å². The quantitative estimate of drug-likeness (QED) is 0.748. The van der Waals surface area contributed by atoms with E-state index >= 15 is 0 Å². The molecule has 2 heterocycles. The van der Waals surface area contributed by atoms with E-state index in [0.717, 1.165) is 25.0 Å². The molecule has 4 rings (SSSR count). The maximum Gasteiger partial charge on any atom is 0.416 e. The third kappa shape index (κ3) is 4.66. The molecule has 0 unspecified atom stereocenters. The van der Waals surface area contributed by atoms with Crippen LogP contribution in [-0.2, 0) is 11.0 Å². The van der Waals surface area contributed by atoms with Gasteiger partial charge in [-0.25, -0.2) is 4.68 Å². The number of nitrogens with one attached hydrogen (secondary N) is 1. The minimum Gasteiger partial charge on any atom is -0.349 e. The second kappa shape index (κ2) is 8.60. The Bertz CT molecular complexity index is 1000. The molecule has 0 bridgehead atoms. The normalized spacial score (nSPS) is 17.6. The van der Waals surface area contributed by atoms with E-state index in [1.807, 2.05) is 18.7 Å². The first kappa shape index (κ1) is 22.4. The molecule has 2 aliphatic rings. The number of carbonyl (C=O) groups is 2. The predicted molar refractivity (Wildman–Crippen MR) is 112 cm³/mol. The number of hydrogen-bond acceptors (Lipinski definition) is 3. The molecule has 1 N–H and O–H groups in total. The number of nitrogens with zero attached hydrogens (tertiary/aromatic N) is 3. The third-order valence-corrected chi connectivity index (χ3v) is 6.07. The summed E-state index contributed by atoms with van der Waals surface area (Å²) < 4.78 is 40.9. The van der Waals surface area contributed by atoms with Crippen LogP contribution in [0.2, 0.25) is 0 Å². The van der Waals surface area contributed by atoms with Crippen LogP contribution in [0.4, 0.5) is 13.2 Å². The standard InChI is InChI=1S/C23H27F3N4O2/c1-14(2)22(32)29-10-8-17(9-11-29)28-21(31)19-13-27-30(20(19)15-6-7-15)18-5-3-4-16(12-18)23(24,25)26/h3-5,12-15,17H,6-11H2,1-2H3,(H,28,31). The Kier molecular flexibility index (Phi) is 6.01. The summed E-state index contributed by atoms with van der Waals surface area (Å²) in [7, 11) is 0. The zero-order chi connectivity index (χ0) is 23.0. The molecule has 2 fully saturated rings. The van der Waals surface area contributed by atoms with Crippen LogP contribution in [0.25, 0.3) is 5.69 Å². The molecule has 2 amide bonds. The summed E-state index contributed by atoms with van der Waals surface area (Å²) in [5.41, 5.74) is 0.613. The van der Waals surface area contributed by atoms with E-state index in [-0.39, 0.29) is 29.7 Å². The minimum absolute atomic E-state index is 0.0519. The molecule has 1 aliphatic carbocycles. The Morgan fingerprint density at radius 3 is 2.41 bits per heavy atom. The first-order chi connectivity index (χ1) is 15.1. The van der Waals surface area contributed by atoms with Crippen LogP contribution in [0.3, 0.4) is 0 Å². The fourth-order valence-corrected chi connectivity index (χ4v) is 4.17. The van der Waals surface area contributed by atoms with Crippen molar-refractivity contribution in [3.8, 4) is 5.69 Å². The lowest BCUT2D eigenvalue weighted by atomic mass is 10.0. The zero-order valence-electron chi connectivity index (χ0n) is 18.2. The van der Waals surface area contributed by atoms with Gasteiger partial charge in [0, 0.05) is 31.0 Å². The van der Waals surface area contributed by atoms with Crippen LogP contribution >= 0.6 is 0 Å². The van der Waals surface area contributed by atoms with Crippen molar-refractivity contribution >= 4 is 11.8 Å². The third-order valence-electron chi connectivity index (χ3n) is 6.07. The number of amides is 2. The van der Waals surface area contributed by atoms with Gasteiger partial charge in [0.2, 0.25) is 5.91 Å². The van der Waals surface area contributed by atoms with Crippen molar-refractivity contribution in [2.24, 2.45) is 5.92 Å². The fraction of sp³-hybridized carbons (Fsp3) is 0.522. The van der Waals surface area contributed by atoms with Crippen LogP contribution in [0.15, 0.2) is 30.5 Å². The van der Waals surface area contributed by atoms with E-state index in [4.69, 9.17) is 0 Å². The SMILES string of the molecule is CC(C)C(=O)N1CCC(NC(=O)c2cnn(-c3cccc(C(F)(F)F)c3)c2C2CC2)CC1. The van der Waals surface area contributed by atoms with Gasteiger partial charge < -0.3 is 10.2 Å². The molecule has 1 saturated carbocycles. The average Bonchev–Trinajstić information content (AvgIpc) is 3.50. The molecule has 9 heteroatoms. The second-order valence-corrected chi connectivity index (χ2v) is 8.91. The Morgan fingerprint density at radius 2 is 1.81 bits per heavy atom. The molecular weight excluding hydrogens is 421 g/mol. The summed E-state index contributed by atoms with van der Waals surface area (Å²) in [4.78, 5) is 27.0. The van der Waals surface area contributed by atoms with E-state index in [0.29, 0.717) is 42.9 Å². The molecule has 0 spiro atoms. The van der Waals surface area contributed by atoms with Gasteiger partial charge in [0.05, 0.1) is 28.7 Å². The van der Waals surface area contributed by atoms with Gasteiger partial charge >= 0.3 is 6.18 Å². The molecule has 1 aromatic heterocycles. The maximum absolute atomic E-state index is 13.2.